The number of allylic oxidation sites excluding steroid dienone is 3. The summed E-state index contributed by atoms with van der Waals surface area (Å²) in [5.74, 6) is 1.94. The normalized spacial score (nSPS) is 15.1. The second kappa shape index (κ2) is 13.8. The maximum atomic E-state index is 5.42. The van der Waals surface area contributed by atoms with Crippen molar-refractivity contribution in [3.8, 4) is 56.4 Å². The van der Waals surface area contributed by atoms with Gasteiger partial charge in [-0.3, -0.25) is 0 Å². The Kier molecular flexibility index (Phi) is 8.14. The Labute approximate surface area is 369 Å². The molecule has 1 aromatic heterocycles. The summed E-state index contributed by atoms with van der Waals surface area (Å²) >= 11 is 0. The topological polar surface area (TPSA) is 38.7 Å². The first-order valence-corrected chi connectivity index (χ1v) is 22.0. The third-order valence-electron chi connectivity index (χ3n) is 14.4. The highest BCUT2D eigenvalue weighted by molar-refractivity contribution is 6.03. The lowest BCUT2D eigenvalue weighted by Crippen LogP contribution is -2.28. The minimum absolute atomic E-state index is 0.209. The molecule has 0 aliphatic heterocycles. The molecule has 63 heavy (non-hydrogen) atoms. The molecule has 0 amide bonds. The van der Waals surface area contributed by atoms with Crippen molar-refractivity contribution >= 4 is 21.9 Å². The predicted octanol–water partition coefficient (Wildman–Crippen LogP) is 14.9. The molecule has 9 aromatic rings. The lowest BCUT2D eigenvalue weighted by atomic mass is 9.67. The van der Waals surface area contributed by atoms with Crippen molar-refractivity contribution in [3.63, 3.8) is 0 Å². The number of aromatic nitrogens is 3. The fourth-order valence-corrected chi connectivity index (χ4v) is 11.1. The molecule has 0 saturated heterocycles. The van der Waals surface area contributed by atoms with Gasteiger partial charge in [-0.15, -0.1) is 0 Å². The van der Waals surface area contributed by atoms with Crippen molar-refractivity contribution in [1.82, 2.24) is 15.0 Å². The zero-order valence-corrected chi connectivity index (χ0v) is 36.0. The summed E-state index contributed by atoms with van der Waals surface area (Å²) in [5, 5.41) is 2.54. The van der Waals surface area contributed by atoms with Gasteiger partial charge in [0.1, 0.15) is 0 Å². The van der Waals surface area contributed by atoms with Crippen LogP contribution in [0.15, 0.2) is 188 Å². The zero-order chi connectivity index (χ0) is 42.6. The third-order valence-corrected chi connectivity index (χ3v) is 14.4. The van der Waals surface area contributed by atoms with Crippen LogP contribution in [0, 0.1) is 0 Å². The van der Waals surface area contributed by atoms with E-state index < -0.39 is 5.41 Å². The lowest BCUT2D eigenvalue weighted by Gasteiger charge is -2.34. The molecule has 3 aliphatic carbocycles. The largest absolute Gasteiger partial charge is 0.208 e. The molecule has 0 N–H and O–H groups in total. The second-order valence-corrected chi connectivity index (χ2v) is 18.1. The Morgan fingerprint density at radius 3 is 1.67 bits per heavy atom. The van der Waals surface area contributed by atoms with Crippen LogP contribution < -0.4 is 0 Å². The fourth-order valence-electron chi connectivity index (χ4n) is 11.1. The zero-order valence-electron chi connectivity index (χ0n) is 36.0. The van der Waals surface area contributed by atoms with Crippen LogP contribution in [0.2, 0.25) is 0 Å². The Bertz CT molecular complexity index is 3390. The highest BCUT2D eigenvalue weighted by atomic mass is 15.0. The first kappa shape index (κ1) is 37.3. The SMILES string of the molecule is C=C1CC(C)=C(C)c2cc(-c3nc(-c4ccc5c(c4)C(C)(C)c4ccc6ccccc6c4-5)nc(-c4ccc5c(c4)C(c4ccccc4)(c4ccccc4)c4ccccc4-5)n3)ccc21. The highest BCUT2D eigenvalue weighted by Crippen LogP contribution is 2.57. The van der Waals surface area contributed by atoms with E-state index in [9.17, 15) is 0 Å². The molecule has 0 spiro atoms. The van der Waals surface area contributed by atoms with Gasteiger partial charge in [0.2, 0.25) is 0 Å². The number of benzene rings is 8. The highest BCUT2D eigenvalue weighted by Gasteiger charge is 2.46. The standard InChI is InChI=1S/C60H45N3/c1-36-32-37(2)45-28-24-40(33-50(45)38(36)3)56-61-57(41-26-30-49-53(34-41)59(4,5)52-31-27-39-16-12-13-21-46(39)55(49)52)63-58(62-56)42-25-29-48-47-22-14-15-23-51(47)60(54(48)35-42,43-17-8-6-9-18-43)44-19-10-7-11-20-44/h6-31,33-35H,2,32H2,1,3-5H3. The number of nitrogens with zero attached hydrogens (tertiary/aromatic N) is 3. The molecular weight excluding hydrogens is 763 g/mol. The van der Waals surface area contributed by atoms with E-state index in [0.717, 1.165) is 28.7 Å². The monoisotopic (exact) mass is 807 g/mol. The smallest absolute Gasteiger partial charge is 0.164 e. The predicted molar refractivity (Wildman–Crippen MR) is 260 cm³/mol. The molecule has 0 fully saturated rings. The van der Waals surface area contributed by atoms with E-state index in [2.05, 4.69) is 210 Å². The van der Waals surface area contributed by atoms with Crippen LogP contribution in [0.4, 0.5) is 0 Å². The van der Waals surface area contributed by atoms with Crippen LogP contribution in [0.5, 0.6) is 0 Å². The third kappa shape index (κ3) is 5.42. The Hall–Kier alpha value is -7.49. The summed E-state index contributed by atoms with van der Waals surface area (Å²) in [4.78, 5) is 16.2. The van der Waals surface area contributed by atoms with E-state index in [0.29, 0.717) is 17.5 Å². The average Bonchev–Trinajstić information content (AvgIpc) is 3.76. The van der Waals surface area contributed by atoms with Gasteiger partial charge in [0.15, 0.2) is 17.5 Å². The van der Waals surface area contributed by atoms with Gasteiger partial charge in [-0.05, 0) is 127 Å². The van der Waals surface area contributed by atoms with Crippen molar-refractivity contribution in [1.29, 1.82) is 0 Å². The fraction of sp³-hybridized carbons (Fsp3) is 0.117. The van der Waals surface area contributed by atoms with Crippen LogP contribution in [0.25, 0.3) is 78.3 Å². The van der Waals surface area contributed by atoms with Gasteiger partial charge in [-0.1, -0.05) is 184 Å². The minimum Gasteiger partial charge on any atom is -0.208 e. The van der Waals surface area contributed by atoms with Crippen LogP contribution >= 0.6 is 0 Å². The molecule has 3 aliphatic rings. The summed E-state index contributed by atoms with van der Waals surface area (Å²) in [6.45, 7) is 13.6. The first-order chi connectivity index (χ1) is 30.7. The maximum absolute atomic E-state index is 5.42. The van der Waals surface area contributed by atoms with Crippen molar-refractivity contribution in [2.24, 2.45) is 0 Å². The number of hydrogen-bond donors (Lipinski definition) is 0. The van der Waals surface area contributed by atoms with Crippen LogP contribution in [-0.4, -0.2) is 15.0 Å². The number of rotatable bonds is 5. The van der Waals surface area contributed by atoms with E-state index in [1.165, 1.54) is 88.7 Å². The van der Waals surface area contributed by atoms with Gasteiger partial charge in [0.25, 0.3) is 0 Å². The van der Waals surface area contributed by atoms with Crippen molar-refractivity contribution in [2.75, 3.05) is 0 Å². The van der Waals surface area contributed by atoms with Gasteiger partial charge >= 0.3 is 0 Å². The molecule has 0 saturated carbocycles. The van der Waals surface area contributed by atoms with Gasteiger partial charge in [-0.2, -0.15) is 0 Å². The van der Waals surface area contributed by atoms with Crippen molar-refractivity contribution < 1.29 is 0 Å². The van der Waals surface area contributed by atoms with E-state index in [1.54, 1.807) is 0 Å². The molecule has 3 heteroatoms. The van der Waals surface area contributed by atoms with Crippen molar-refractivity contribution in [3.05, 3.63) is 233 Å². The molecule has 8 aromatic carbocycles. The molecular formula is C60H45N3. The number of hydrogen-bond acceptors (Lipinski definition) is 3. The van der Waals surface area contributed by atoms with E-state index in [1.807, 2.05) is 0 Å². The summed E-state index contributed by atoms with van der Waals surface area (Å²) in [7, 11) is 0. The summed E-state index contributed by atoms with van der Waals surface area (Å²) in [6, 6.07) is 64.3. The van der Waals surface area contributed by atoms with Crippen LogP contribution in [0.3, 0.4) is 0 Å². The molecule has 0 atom stereocenters. The Balaban J connectivity index is 1.09. The van der Waals surface area contributed by atoms with Crippen molar-refractivity contribution in [2.45, 2.75) is 44.9 Å². The summed E-state index contributed by atoms with van der Waals surface area (Å²) in [6.07, 6.45) is 0.891. The quantitative estimate of drug-likeness (QED) is 0.174. The van der Waals surface area contributed by atoms with E-state index >= 15 is 0 Å². The molecule has 0 unspecified atom stereocenters. The molecule has 0 radical (unpaired) electrons. The number of fused-ring (bicyclic) bond motifs is 9. The second-order valence-electron chi connectivity index (χ2n) is 18.1. The lowest BCUT2D eigenvalue weighted by molar-refractivity contribution is 0.661. The van der Waals surface area contributed by atoms with Crippen LogP contribution in [-0.2, 0) is 10.8 Å². The molecule has 12 rings (SSSR count). The molecule has 0 bridgehead atoms. The molecule has 1 heterocycles. The molecule has 300 valence electrons. The first-order valence-electron chi connectivity index (χ1n) is 22.0. The Morgan fingerprint density at radius 1 is 0.444 bits per heavy atom. The van der Waals surface area contributed by atoms with Gasteiger partial charge in [0.05, 0.1) is 5.41 Å². The molecule has 3 nitrogen and oxygen atoms in total. The summed E-state index contributed by atoms with van der Waals surface area (Å²) in [5.41, 5.74) is 20.9. The van der Waals surface area contributed by atoms with E-state index in [-0.39, 0.29) is 5.41 Å². The average molecular weight is 808 g/mol. The van der Waals surface area contributed by atoms with Gasteiger partial charge < -0.3 is 0 Å². The minimum atomic E-state index is -0.545. The maximum Gasteiger partial charge on any atom is 0.164 e. The van der Waals surface area contributed by atoms with Gasteiger partial charge in [0, 0.05) is 22.1 Å². The summed E-state index contributed by atoms with van der Waals surface area (Å²) < 4.78 is 0. The van der Waals surface area contributed by atoms with E-state index in [4.69, 9.17) is 15.0 Å². The Morgan fingerprint density at radius 2 is 0.984 bits per heavy atom. The van der Waals surface area contributed by atoms with Gasteiger partial charge in [-0.25, -0.2) is 15.0 Å². The van der Waals surface area contributed by atoms with Crippen LogP contribution in [0.1, 0.15) is 78.6 Å².